The number of carbonyl (C=O) groups is 1. The summed E-state index contributed by atoms with van der Waals surface area (Å²) in [6.07, 6.45) is 1.30. The molecule has 2 aliphatic rings. The van der Waals surface area contributed by atoms with E-state index in [-0.39, 0.29) is 34.5 Å². The number of H-pyrrole nitrogens is 1. The highest BCUT2D eigenvalue weighted by Crippen LogP contribution is 2.33. The summed E-state index contributed by atoms with van der Waals surface area (Å²) >= 11 is 8.29. The Balaban J connectivity index is 0.992. The molecule has 1 spiro atoms. The summed E-state index contributed by atoms with van der Waals surface area (Å²) in [5, 5.41) is 23.9. The minimum Gasteiger partial charge on any atom is -0.506 e. The average Bonchev–Trinajstić information content (AvgIpc) is 3.62. The van der Waals surface area contributed by atoms with E-state index >= 15 is 0 Å². The normalized spacial score (nSPS) is 17.8. The van der Waals surface area contributed by atoms with Crippen molar-refractivity contribution in [2.24, 2.45) is 0 Å². The number of aromatic hydroxyl groups is 1. The van der Waals surface area contributed by atoms with Gasteiger partial charge in [-0.2, -0.15) is 0 Å². The first-order valence-corrected chi connectivity index (χ1v) is 16.6. The number of amides is 1. The van der Waals surface area contributed by atoms with E-state index in [2.05, 4.69) is 15.2 Å². The Hall–Kier alpha value is -2.84. The molecule has 1 atom stereocenters. The number of carbonyl (C=O) groups excluding carboxylic acids is 1. The van der Waals surface area contributed by atoms with Gasteiger partial charge in [-0.15, -0.1) is 11.3 Å². The number of halogens is 2. The first-order chi connectivity index (χ1) is 21.2. The third-order valence-electron chi connectivity index (χ3n) is 8.39. The van der Waals surface area contributed by atoms with Gasteiger partial charge in [-0.1, -0.05) is 35.1 Å². The molecule has 4 heterocycles. The number of thiophene rings is 1. The topological polar surface area (TPSA) is 118 Å². The quantitative estimate of drug-likeness (QED) is 0.195. The van der Waals surface area contributed by atoms with Crippen molar-refractivity contribution in [3.05, 3.63) is 83.9 Å². The number of morpholine rings is 1. The van der Waals surface area contributed by atoms with Crippen molar-refractivity contribution in [1.82, 2.24) is 20.1 Å². The average molecular weight is 661 g/mol. The van der Waals surface area contributed by atoms with Gasteiger partial charge in [0.15, 0.2) is 0 Å². The van der Waals surface area contributed by atoms with Crippen LogP contribution in [0.25, 0.3) is 10.2 Å². The van der Waals surface area contributed by atoms with Crippen LogP contribution in [0.1, 0.15) is 45.3 Å². The predicted octanol–water partition coefficient (Wildman–Crippen LogP) is 4.52. The summed E-state index contributed by atoms with van der Waals surface area (Å²) in [7, 11) is 0. The number of nitrogens with one attached hydrogen (secondary N) is 2. The minimum atomic E-state index is -0.873. The van der Waals surface area contributed by atoms with E-state index in [0.29, 0.717) is 64.2 Å². The lowest BCUT2D eigenvalue weighted by molar-refractivity contribution is -0.127. The molecule has 13 heteroatoms. The maximum atomic E-state index is 14.6. The molecular weight excluding hydrogens is 627 g/mol. The minimum absolute atomic E-state index is 0.0000501. The van der Waals surface area contributed by atoms with Crippen molar-refractivity contribution < 1.29 is 24.1 Å². The monoisotopic (exact) mass is 660 g/mol. The molecule has 4 N–H and O–H groups in total. The molecule has 234 valence electrons. The Morgan fingerprint density at radius 3 is 2.70 bits per heavy atom. The molecule has 6 rings (SSSR count). The Morgan fingerprint density at radius 1 is 1.14 bits per heavy atom. The van der Waals surface area contributed by atoms with Crippen molar-refractivity contribution in [2.75, 3.05) is 45.9 Å². The highest BCUT2D eigenvalue weighted by Gasteiger charge is 2.41. The lowest BCUT2D eigenvalue weighted by Crippen LogP contribution is -2.57. The third kappa shape index (κ3) is 7.02. The second-order valence-corrected chi connectivity index (χ2v) is 14.2. The number of aliphatic hydroxyl groups excluding tert-OH is 1. The van der Waals surface area contributed by atoms with E-state index in [4.69, 9.17) is 16.3 Å². The van der Waals surface area contributed by atoms with Crippen LogP contribution in [0.15, 0.2) is 47.3 Å². The molecule has 2 aromatic carbocycles. The molecule has 9 nitrogen and oxygen atoms in total. The van der Waals surface area contributed by atoms with Gasteiger partial charge in [0.1, 0.15) is 17.1 Å². The zero-order valence-electron chi connectivity index (χ0n) is 24.0. The van der Waals surface area contributed by atoms with Crippen LogP contribution in [-0.2, 0) is 17.7 Å². The summed E-state index contributed by atoms with van der Waals surface area (Å²) in [6, 6.07) is 11.7. The number of thiazole rings is 1. The summed E-state index contributed by atoms with van der Waals surface area (Å²) in [5.41, 5.74) is 2.30. The van der Waals surface area contributed by atoms with Crippen LogP contribution in [0.4, 0.5) is 4.39 Å². The van der Waals surface area contributed by atoms with Crippen molar-refractivity contribution in [3.63, 3.8) is 0 Å². The van der Waals surface area contributed by atoms with Gasteiger partial charge >= 0.3 is 4.87 Å². The first-order valence-electron chi connectivity index (χ1n) is 14.6. The smallest absolute Gasteiger partial charge is 0.305 e. The number of fused-ring (bicyclic) bond motifs is 1. The maximum absolute atomic E-state index is 14.6. The number of hydrogen-bond acceptors (Lipinski definition) is 9. The van der Waals surface area contributed by atoms with Gasteiger partial charge < -0.3 is 30.2 Å². The molecule has 44 heavy (non-hydrogen) atoms. The fraction of sp³-hybridized carbons (Fsp3) is 0.419. The number of nitrogens with zero attached hydrogens (tertiary/aromatic N) is 2. The standard InChI is InChI=1S/C31H34ClFN4O5S2/c32-26-4-3-25(43-26)29(40)37-11-12-42-31(18-37)6-9-36(10-7-31)17-20-13-19(14-21(33)15-20)5-8-34-16-24(39)22-1-2-23(38)27-28(22)44-30(41)35-27/h1-4,13-15,24,34,38-39H,5-12,16-18H2,(H,35,41)/t24-/m0/s1. The van der Waals surface area contributed by atoms with Crippen molar-refractivity contribution in [2.45, 2.75) is 37.5 Å². The molecule has 0 saturated carbocycles. The van der Waals surface area contributed by atoms with Crippen LogP contribution in [0.5, 0.6) is 5.75 Å². The number of aliphatic hydroxyl groups is 1. The summed E-state index contributed by atoms with van der Waals surface area (Å²) in [4.78, 5) is 31.9. The van der Waals surface area contributed by atoms with E-state index in [1.165, 1.54) is 23.5 Å². The molecule has 0 unspecified atom stereocenters. The molecule has 2 aromatic heterocycles. The van der Waals surface area contributed by atoms with Gasteiger partial charge in [-0.3, -0.25) is 14.5 Å². The van der Waals surface area contributed by atoms with Gasteiger partial charge in [0, 0.05) is 38.3 Å². The van der Waals surface area contributed by atoms with Crippen molar-refractivity contribution in [1.29, 1.82) is 0 Å². The third-order valence-corrected chi connectivity index (χ3v) is 10.5. The Morgan fingerprint density at radius 2 is 1.93 bits per heavy atom. The molecule has 0 aliphatic carbocycles. The van der Waals surface area contributed by atoms with E-state index in [9.17, 15) is 24.2 Å². The lowest BCUT2D eigenvalue weighted by atomic mass is 9.89. The van der Waals surface area contributed by atoms with Gasteiger partial charge in [0.05, 0.1) is 38.8 Å². The van der Waals surface area contributed by atoms with Gasteiger partial charge in [-0.05, 0) is 67.3 Å². The number of aromatic amines is 1. The Labute approximate surface area is 266 Å². The highest BCUT2D eigenvalue weighted by molar-refractivity contribution is 7.18. The van der Waals surface area contributed by atoms with Crippen LogP contribution in [0.2, 0.25) is 4.34 Å². The van der Waals surface area contributed by atoms with Crippen molar-refractivity contribution >= 4 is 50.4 Å². The molecule has 2 saturated heterocycles. The molecule has 1 amide bonds. The number of aromatic nitrogens is 1. The van der Waals surface area contributed by atoms with Crippen LogP contribution >= 0.6 is 34.3 Å². The van der Waals surface area contributed by atoms with E-state index < -0.39 is 6.10 Å². The van der Waals surface area contributed by atoms with Crippen LogP contribution < -0.4 is 10.2 Å². The summed E-state index contributed by atoms with van der Waals surface area (Å²) < 4.78 is 22.0. The zero-order valence-corrected chi connectivity index (χ0v) is 26.4. The molecule has 0 bridgehead atoms. The SMILES string of the molecule is O=C(c1ccc(Cl)s1)N1CCOC2(CCN(Cc3cc(F)cc(CCNC[C@H](O)c4ccc(O)c5[nH]c(=O)sc45)c3)CC2)C1. The fourth-order valence-corrected chi connectivity index (χ4v) is 8.05. The van der Waals surface area contributed by atoms with E-state index in [1.807, 2.05) is 11.0 Å². The largest absolute Gasteiger partial charge is 0.506 e. The number of piperidine rings is 1. The summed E-state index contributed by atoms with van der Waals surface area (Å²) in [5.74, 6) is -0.312. The van der Waals surface area contributed by atoms with Gasteiger partial charge in [0.25, 0.3) is 5.91 Å². The van der Waals surface area contributed by atoms with Crippen LogP contribution in [0, 0.1) is 5.82 Å². The van der Waals surface area contributed by atoms with Crippen LogP contribution in [-0.4, -0.2) is 82.4 Å². The Bertz CT molecular complexity index is 1700. The second-order valence-electron chi connectivity index (χ2n) is 11.5. The number of hydrogen-bond donors (Lipinski definition) is 4. The summed E-state index contributed by atoms with van der Waals surface area (Å²) in [6.45, 7) is 4.61. The lowest BCUT2D eigenvalue weighted by Gasteiger charge is -2.47. The van der Waals surface area contributed by atoms with E-state index in [1.54, 1.807) is 24.3 Å². The predicted molar refractivity (Wildman–Crippen MR) is 170 cm³/mol. The number of rotatable bonds is 9. The second kappa shape index (κ2) is 13.3. The number of benzene rings is 2. The molecule has 2 fully saturated rings. The van der Waals surface area contributed by atoms with Gasteiger partial charge in [0.2, 0.25) is 0 Å². The number of phenolic OH excluding ortho intramolecular Hbond substituents is 1. The van der Waals surface area contributed by atoms with Crippen molar-refractivity contribution in [3.8, 4) is 5.75 Å². The van der Waals surface area contributed by atoms with Crippen LogP contribution in [0.3, 0.4) is 0 Å². The first kappa shape index (κ1) is 31.2. The Kier molecular flexibility index (Phi) is 9.39. The van der Waals surface area contributed by atoms with E-state index in [0.717, 1.165) is 48.4 Å². The van der Waals surface area contributed by atoms with Gasteiger partial charge in [-0.25, -0.2) is 4.39 Å². The number of ether oxygens (including phenoxy) is 1. The number of likely N-dealkylation sites (tertiary alicyclic amines) is 1. The maximum Gasteiger partial charge on any atom is 0.305 e. The highest BCUT2D eigenvalue weighted by atomic mass is 35.5. The zero-order chi connectivity index (χ0) is 30.8. The molecule has 0 radical (unpaired) electrons. The molecule has 2 aliphatic heterocycles. The molecular formula is C31H34ClFN4O5S2. The number of phenols is 1. The molecule has 4 aromatic rings. The fourth-order valence-electron chi connectivity index (χ4n) is 6.12.